The Morgan fingerprint density at radius 3 is 2.45 bits per heavy atom. The summed E-state index contributed by atoms with van der Waals surface area (Å²) in [6.07, 6.45) is 0.984. The number of hydrogen-bond acceptors (Lipinski definition) is 2. The zero-order valence-electron chi connectivity index (χ0n) is 11.6. The lowest BCUT2D eigenvalue weighted by Crippen LogP contribution is -1.97. The fraction of sp³-hybridized carbons (Fsp3) is 0.235. The summed E-state index contributed by atoms with van der Waals surface area (Å²) in [7, 11) is 0. The molecule has 0 atom stereocenters. The fourth-order valence-electron chi connectivity index (χ4n) is 2.24. The van der Waals surface area contributed by atoms with Gasteiger partial charge >= 0.3 is 5.97 Å². The summed E-state index contributed by atoms with van der Waals surface area (Å²) in [5.41, 5.74) is 2.91. The molecule has 0 aliphatic rings. The second-order valence-corrected chi connectivity index (χ2v) is 5.34. The van der Waals surface area contributed by atoms with E-state index in [1.807, 2.05) is 12.1 Å². The molecule has 2 N–H and O–H groups in total. The van der Waals surface area contributed by atoms with E-state index >= 15 is 0 Å². The molecule has 0 aromatic heterocycles. The van der Waals surface area contributed by atoms with Crippen LogP contribution in [-0.4, -0.2) is 16.2 Å². The first-order valence-corrected chi connectivity index (χ1v) is 6.63. The van der Waals surface area contributed by atoms with Gasteiger partial charge in [-0.25, -0.2) is 4.79 Å². The van der Waals surface area contributed by atoms with E-state index in [0.717, 1.165) is 17.5 Å². The van der Waals surface area contributed by atoms with Crippen molar-refractivity contribution in [2.75, 3.05) is 0 Å². The van der Waals surface area contributed by atoms with E-state index in [4.69, 9.17) is 5.11 Å². The smallest absolute Gasteiger partial charge is 0.339 e. The molecular formula is C17H18O3. The number of carbonyl (C=O) groups is 1. The molecule has 0 heterocycles. The molecule has 2 aromatic carbocycles. The molecule has 0 amide bonds. The lowest BCUT2D eigenvalue weighted by molar-refractivity contribution is 0.0694. The average molecular weight is 270 g/mol. The van der Waals surface area contributed by atoms with Crippen LogP contribution >= 0.6 is 0 Å². The molecule has 3 heteroatoms. The minimum atomic E-state index is -1.12. The van der Waals surface area contributed by atoms with Gasteiger partial charge in [0.15, 0.2) is 0 Å². The lowest BCUT2D eigenvalue weighted by Gasteiger charge is -2.09. The first-order chi connectivity index (χ1) is 9.47. The minimum absolute atomic E-state index is 0.0724. The Morgan fingerprint density at radius 2 is 1.80 bits per heavy atom. The van der Waals surface area contributed by atoms with Crippen LogP contribution in [0.15, 0.2) is 42.5 Å². The van der Waals surface area contributed by atoms with E-state index in [2.05, 4.69) is 26.0 Å². The molecule has 0 bridgehead atoms. The molecule has 104 valence electrons. The molecule has 0 saturated carbocycles. The van der Waals surface area contributed by atoms with Crippen molar-refractivity contribution in [1.82, 2.24) is 0 Å². The van der Waals surface area contributed by atoms with E-state index in [9.17, 15) is 9.90 Å². The van der Waals surface area contributed by atoms with Crippen molar-refractivity contribution < 1.29 is 15.0 Å². The van der Waals surface area contributed by atoms with Crippen molar-refractivity contribution in [3.05, 3.63) is 53.6 Å². The topological polar surface area (TPSA) is 57.5 Å². The molecule has 0 fully saturated rings. The molecule has 0 unspecified atom stereocenters. The molecule has 20 heavy (non-hydrogen) atoms. The van der Waals surface area contributed by atoms with Crippen LogP contribution in [-0.2, 0) is 6.42 Å². The Morgan fingerprint density at radius 1 is 1.10 bits per heavy atom. The number of carboxylic acid groups (broad SMARTS) is 1. The summed E-state index contributed by atoms with van der Waals surface area (Å²) in [6, 6.07) is 12.7. The second kappa shape index (κ2) is 5.78. The molecule has 0 saturated heterocycles. The Labute approximate surface area is 118 Å². The van der Waals surface area contributed by atoms with Crippen LogP contribution in [0.5, 0.6) is 5.75 Å². The molecule has 0 aliphatic carbocycles. The summed E-state index contributed by atoms with van der Waals surface area (Å²) in [4.78, 5) is 11.1. The number of phenols is 1. The van der Waals surface area contributed by atoms with Gasteiger partial charge in [-0.05, 0) is 41.2 Å². The van der Waals surface area contributed by atoms with E-state index < -0.39 is 5.97 Å². The molecule has 0 radical (unpaired) electrons. The van der Waals surface area contributed by atoms with Gasteiger partial charge in [0.25, 0.3) is 0 Å². The van der Waals surface area contributed by atoms with Gasteiger partial charge in [-0.15, -0.1) is 0 Å². The molecule has 0 aliphatic heterocycles. The van der Waals surface area contributed by atoms with Crippen LogP contribution in [0.3, 0.4) is 0 Å². The lowest BCUT2D eigenvalue weighted by atomic mass is 9.97. The minimum Gasteiger partial charge on any atom is -0.507 e. The largest absolute Gasteiger partial charge is 0.507 e. The quantitative estimate of drug-likeness (QED) is 0.884. The summed E-state index contributed by atoms with van der Waals surface area (Å²) in [5, 5.41) is 18.6. The first kappa shape index (κ1) is 14.1. The number of aromatic carboxylic acids is 1. The van der Waals surface area contributed by atoms with Crippen molar-refractivity contribution in [3.8, 4) is 16.9 Å². The number of aromatic hydroxyl groups is 1. The highest BCUT2D eigenvalue weighted by Crippen LogP contribution is 2.27. The van der Waals surface area contributed by atoms with Gasteiger partial charge in [0.1, 0.15) is 11.3 Å². The zero-order chi connectivity index (χ0) is 14.7. The average Bonchev–Trinajstić information content (AvgIpc) is 2.38. The highest BCUT2D eigenvalue weighted by Gasteiger charge is 2.11. The summed E-state index contributed by atoms with van der Waals surface area (Å²) < 4.78 is 0. The number of hydrogen-bond donors (Lipinski definition) is 2. The normalized spacial score (nSPS) is 10.8. The SMILES string of the molecule is CC(C)Cc1cccc(-c2ccc(O)c(C(=O)O)c2)c1. The van der Waals surface area contributed by atoms with Crippen LogP contribution in [0, 0.1) is 5.92 Å². The number of carboxylic acids is 1. The Hall–Kier alpha value is -2.29. The summed E-state index contributed by atoms with van der Waals surface area (Å²) in [5.74, 6) is -0.762. The predicted octanol–water partition coefficient (Wildman–Crippen LogP) is 3.96. The second-order valence-electron chi connectivity index (χ2n) is 5.34. The zero-order valence-corrected chi connectivity index (χ0v) is 11.6. The molecular weight excluding hydrogens is 252 g/mol. The predicted molar refractivity (Wildman–Crippen MR) is 79.0 cm³/mol. The van der Waals surface area contributed by atoms with Gasteiger partial charge in [0, 0.05) is 0 Å². The molecule has 2 rings (SSSR count). The van der Waals surface area contributed by atoms with Crippen LogP contribution in [0.1, 0.15) is 29.8 Å². The van der Waals surface area contributed by atoms with Gasteiger partial charge in [-0.3, -0.25) is 0 Å². The van der Waals surface area contributed by atoms with Crippen molar-refractivity contribution in [2.24, 2.45) is 5.92 Å². The number of benzene rings is 2. The van der Waals surface area contributed by atoms with Gasteiger partial charge in [-0.2, -0.15) is 0 Å². The summed E-state index contributed by atoms with van der Waals surface area (Å²) >= 11 is 0. The van der Waals surface area contributed by atoms with Crippen molar-refractivity contribution in [1.29, 1.82) is 0 Å². The van der Waals surface area contributed by atoms with Gasteiger partial charge in [0.2, 0.25) is 0 Å². The Bertz CT molecular complexity index is 630. The van der Waals surface area contributed by atoms with Gasteiger partial charge in [-0.1, -0.05) is 44.2 Å². The maximum atomic E-state index is 11.1. The first-order valence-electron chi connectivity index (χ1n) is 6.63. The third-order valence-corrected chi connectivity index (χ3v) is 3.13. The standard InChI is InChI=1S/C17H18O3/c1-11(2)8-12-4-3-5-13(9-12)14-6-7-16(18)15(10-14)17(19)20/h3-7,9-11,18H,8H2,1-2H3,(H,19,20). The van der Waals surface area contributed by atoms with Crippen LogP contribution < -0.4 is 0 Å². The highest BCUT2D eigenvalue weighted by molar-refractivity contribution is 5.92. The summed E-state index contributed by atoms with van der Waals surface area (Å²) in [6.45, 7) is 4.32. The van der Waals surface area contributed by atoms with E-state index in [-0.39, 0.29) is 11.3 Å². The third-order valence-electron chi connectivity index (χ3n) is 3.13. The maximum absolute atomic E-state index is 11.1. The third kappa shape index (κ3) is 3.18. The van der Waals surface area contributed by atoms with Crippen LogP contribution in [0.25, 0.3) is 11.1 Å². The van der Waals surface area contributed by atoms with E-state index in [0.29, 0.717) is 5.92 Å². The number of rotatable bonds is 4. The van der Waals surface area contributed by atoms with Crippen molar-refractivity contribution in [3.63, 3.8) is 0 Å². The van der Waals surface area contributed by atoms with Crippen LogP contribution in [0.2, 0.25) is 0 Å². The van der Waals surface area contributed by atoms with Crippen molar-refractivity contribution >= 4 is 5.97 Å². The maximum Gasteiger partial charge on any atom is 0.339 e. The molecule has 0 spiro atoms. The Balaban J connectivity index is 2.41. The van der Waals surface area contributed by atoms with E-state index in [1.165, 1.54) is 17.7 Å². The van der Waals surface area contributed by atoms with Crippen LogP contribution in [0.4, 0.5) is 0 Å². The molecule has 2 aromatic rings. The van der Waals surface area contributed by atoms with Crippen molar-refractivity contribution in [2.45, 2.75) is 20.3 Å². The van der Waals surface area contributed by atoms with Gasteiger partial charge in [0.05, 0.1) is 0 Å². The Kier molecular flexibility index (Phi) is 4.08. The monoisotopic (exact) mass is 270 g/mol. The van der Waals surface area contributed by atoms with Gasteiger partial charge < -0.3 is 10.2 Å². The molecule has 3 nitrogen and oxygen atoms in total. The fourth-order valence-corrected chi connectivity index (χ4v) is 2.24. The van der Waals surface area contributed by atoms with E-state index in [1.54, 1.807) is 6.07 Å². The highest BCUT2D eigenvalue weighted by atomic mass is 16.4.